The Morgan fingerprint density at radius 3 is 2.42 bits per heavy atom. The summed E-state index contributed by atoms with van der Waals surface area (Å²) in [7, 11) is 0. The topological polar surface area (TPSA) is 77.4 Å². The second-order valence-corrected chi connectivity index (χ2v) is 10.1. The van der Waals surface area contributed by atoms with Crippen LogP contribution < -0.4 is 10.2 Å². The van der Waals surface area contributed by atoms with Crippen LogP contribution in [-0.4, -0.2) is 57.4 Å². The number of nitrogens with one attached hydrogen (secondary N) is 1. The molecular formula is C32H31FN6O. The number of piperazine rings is 1. The summed E-state index contributed by atoms with van der Waals surface area (Å²) in [6.45, 7) is 4.63. The molecule has 0 saturated carbocycles. The molecule has 7 nitrogen and oxygen atoms in total. The van der Waals surface area contributed by atoms with Crippen LogP contribution in [0.25, 0.3) is 22.2 Å². The Hall–Kier alpha value is -4.40. The lowest BCUT2D eigenvalue weighted by molar-refractivity contribution is 0.202. The van der Waals surface area contributed by atoms with E-state index in [4.69, 9.17) is 4.98 Å². The highest BCUT2D eigenvalue weighted by atomic mass is 19.1. The summed E-state index contributed by atoms with van der Waals surface area (Å²) in [6, 6.07) is 24.5. The van der Waals surface area contributed by atoms with Crippen molar-refractivity contribution in [3.8, 4) is 11.1 Å². The van der Waals surface area contributed by atoms with E-state index in [-0.39, 0.29) is 12.2 Å². The van der Waals surface area contributed by atoms with Crippen LogP contribution in [0.15, 0.2) is 97.5 Å². The van der Waals surface area contributed by atoms with E-state index in [9.17, 15) is 9.50 Å². The molecule has 2 aromatic heterocycles. The molecule has 1 fully saturated rings. The van der Waals surface area contributed by atoms with Crippen molar-refractivity contribution in [3.05, 3.63) is 114 Å². The van der Waals surface area contributed by atoms with E-state index in [0.29, 0.717) is 5.56 Å². The van der Waals surface area contributed by atoms with Gasteiger partial charge in [0.25, 0.3) is 0 Å². The number of nitrogens with zero attached hydrogens (tertiary/aromatic N) is 5. The number of halogens is 1. The molecule has 6 rings (SSSR count). The lowest BCUT2D eigenvalue weighted by Gasteiger charge is -2.35. The van der Waals surface area contributed by atoms with Crippen molar-refractivity contribution >= 4 is 22.5 Å². The number of anilines is 2. The van der Waals surface area contributed by atoms with Crippen LogP contribution in [0.3, 0.4) is 0 Å². The predicted octanol–water partition coefficient (Wildman–Crippen LogP) is 5.13. The first kappa shape index (κ1) is 25.9. The van der Waals surface area contributed by atoms with Crippen LogP contribution in [0.4, 0.5) is 15.9 Å². The van der Waals surface area contributed by atoms with Gasteiger partial charge in [-0.25, -0.2) is 9.37 Å². The van der Waals surface area contributed by atoms with E-state index in [2.05, 4.69) is 37.2 Å². The third-order valence-corrected chi connectivity index (χ3v) is 7.28. The van der Waals surface area contributed by atoms with Crippen molar-refractivity contribution in [2.24, 2.45) is 0 Å². The van der Waals surface area contributed by atoms with Crippen molar-refractivity contribution in [1.29, 1.82) is 0 Å². The summed E-state index contributed by atoms with van der Waals surface area (Å²) in [5.41, 5.74) is 6.26. The molecule has 0 spiro atoms. The van der Waals surface area contributed by atoms with Gasteiger partial charge in [0.05, 0.1) is 17.2 Å². The van der Waals surface area contributed by atoms with Crippen molar-refractivity contribution in [2.45, 2.75) is 19.2 Å². The van der Waals surface area contributed by atoms with Crippen molar-refractivity contribution < 1.29 is 9.50 Å². The Kier molecular flexibility index (Phi) is 7.61. The summed E-state index contributed by atoms with van der Waals surface area (Å²) in [6.07, 6.45) is 4.89. The highest BCUT2D eigenvalue weighted by molar-refractivity contribution is 5.82. The molecule has 1 aliphatic heterocycles. The molecule has 3 aromatic carbocycles. The smallest absolute Gasteiger partial charge is 0.147 e. The number of aliphatic hydroxyl groups is 1. The minimum absolute atomic E-state index is 0.180. The summed E-state index contributed by atoms with van der Waals surface area (Å²) in [4.78, 5) is 18.6. The zero-order chi connectivity index (χ0) is 27.3. The van der Waals surface area contributed by atoms with Crippen LogP contribution in [0.5, 0.6) is 0 Å². The average molecular weight is 535 g/mol. The second-order valence-electron chi connectivity index (χ2n) is 10.1. The summed E-state index contributed by atoms with van der Waals surface area (Å²) in [5, 5.41) is 13.4. The molecule has 0 aliphatic carbocycles. The first-order valence-electron chi connectivity index (χ1n) is 13.5. The fourth-order valence-electron chi connectivity index (χ4n) is 5.09. The summed E-state index contributed by atoms with van der Waals surface area (Å²) >= 11 is 0. The van der Waals surface area contributed by atoms with Crippen LogP contribution in [-0.2, 0) is 13.0 Å². The van der Waals surface area contributed by atoms with Gasteiger partial charge in [-0.2, -0.15) is 0 Å². The molecule has 202 valence electrons. The van der Waals surface area contributed by atoms with E-state index in [1.807, 2.05) is 54.9 Å². The molecule has 3 heterocycles. The average Bonchev–Trinajstić information content (AvgIpc) is 2.99. The molecule has 0 amide bonds. The zero-order valence-corrected chi connectivity index (χ0v) is 22.1. The normalized spacial score (nSPS) is 14.8. The van der Waals surface area contributed by atoms with Crippen LogP contribution in [0, 0.1) is 5.82 Å². The van der Waals surface area contributed by atoms with E-state index < -0.39 is 6.23 Å². The van der Waals surface area contributed by atoms with Gasteiger partial charge in [-0.05, 0) is 58.7 Å². The molecule has 2 N–H and O–H groups in total. The number of fused-ring (bicyclic) bond motifs is 1. The van der Waals surface area contributed by atoms with Crippen LogP contribution in [0.1, 0.15) is 11.1 Å². The number of rotatable bonds is 8. The van der Waals surface area contributed by atoms with E-state index in [0.717, 1.165) is 66.4 Å². The Morgan fingerprint density at radius 1 is 0.850 bits per heavy atom. The quantitative estimate of drug-likeness (QED) is 0.268. The van der Waals surface area contributed by atoms with Crippen LogP contribution >= 0.6 is 0 Å². The molecule has 40 heavy (non-hydrogen) atoms. The minimum Gasteiger partial charge on any atom is -0.373 e. The van der Waals surface area contributed by atoms with Gasteiger partial charge in [-0.3, -0.25) is 14.9 Å². The van der Waals surface area contributed by atoms with Gasteiger partial charge < -0.3 is 15.3 Å². The standard InChI is InChI=1S/C32H31FN6O/c33-28-6-2-1-5-26(28)19-32(40)36-27-10-7-24(8-11-27)25-9-12-29-30(18-25)37-31(21-35-29)39-16-14-38(15-17-39)22-23-4-3-13-34-20-23/h1-13,18,20-21,32,36,40H,14-17,19,22H2. The number of aromatic nitrogens is 3. The van der Waals surface area contributed by atoms with Crippen molar-refractivity contribution in [2.75, 3.05) is 36.4 Å². The van der Waals surface area contributed by atoms with E-state index >= 15 is 0 Å². The maximum absolute atomic E-state index is 13.9. The maximum atomic E-state index is 13.9. The number of aliphatic hydroxyl groups excluding tert-OH is 1. The predicted molar refractivity (Wildman–Crippen MR) is 156 cm³/mol. The van der Waals surface area contributed by atoms with Crippen molar-refractivity contribution in [1.82, 2.24) is 19.9 Å². The van der Waals surface area contributed by atoms with E-state index in [1.54, 1.807) is 24.4 Å². The third-order valence-electron chi connectivity index (χ3n) is 7.28. The third kappa shape index (κ3) is 6.09. The molecule has 5 aromatic rings. The fraction of sp³-hybridized carbons (Fsp3) is 0.219. The van der Waals surface area contributed by atoms with E-state index in [1.165, 1.54) is 11.6 Å². The molecule has 1 unspecified atom stereocenters. The molecule has 8 heteroatoms. The van der Waals surface area contributed by atoms with Gasteiger partial charge >= 0.3 is 0 Å². The monoisotopic (exact) mass is 534 g/mol. The highest BCUT2D eigenvalue weighted by Gasteiger charge is 2.19. The second kappa shape index (κ2) is 11.8. The van der Waals surface area contributed by atoms with Crippen molar-refractivity contribution in [3.63, 3.8) is 0 Å². The van der Waals surface area contributed by atoms with Gasteiger partial charge in [-0.15, -0.1) is 0 Å². The number of hydrogen-bond donors (Lipinski definition) is 2. The Labute approximate surface area is 233 Å². The summed E-state index contributed by atoms with van der Waals surface area (Å²) < 4.78 is 13.9. The Balaban J connectivity index is 1.10. The SMILES string of the molecule is OC(Cc1ccccc1F)Nc1ccc(-c2ccc3ncc(N4CCN(Cc5cccnc5)CC4)nc3c2)cc1. The van der Waals surface area contributed by atoms with Gasteiger partial charge in [0.2, 0.25) is 0 Å². The van der Waals surface area contributed by atoms with Gasteiger partial charge in [-0.1, -0.05) is 42.5 Å². The zero-order valence-electron chi connectivity index (χ0n) is 22.1. The number of benzene rings is 3. The highest BCUT2D eigenvalue weighted by Crippen LogP contribution is 2.26. The Bertz CT molecular complexity index is 1570. The Morgan fingerprint density at radius 2 is 1.65 bits per heavy atom. The van der Waals surface area contributed by atoms with Gasteiger partial charge in [0, 0.05) is 57.2 Å². The molecule has 1 aliphatic rings. The summed E-state index contributed by atoms with van der Waals surface area (Å²) in [5.74, 6) is 0.582. The van der Waals surface area contributed by atoms with Gasteiger partial charge in [0.15, 0.2) is 0 Å². The molecular weight excluding hydrogens is 503 g/mol. The largest absolute Gasteiger partial charge is 0.373 e. The fourth-order valence-corrected chi connectivity index (χ4v) is 5.09. The minimum atomic E-state index is -0.894. The molecule has 1 atom stereocenters. The molecule has 0 bridgehead atoms. The van der Waals surface area contributed by atoms with Gasteiger partial charge in [0.1, 0.15) is 17.9 Å². The number of hydrogen-bond acceptors (Lipinski definition) is 7. The first-order valence-corrected chi connectivity index (χ1v) is 13.5. The lowest BCUT2D eigenvalue weighted by Crippen LogP contribution is -2.46. The lowest BCUT2D eigenvalue weighted by atomic mass is 10.0. The number of pyridine rings is 1. The first-order chi connectivity index (χ1) is 19.6. The molecule has 1 saturated heterocycles. The maximum Gasteiger partial charge on any atom is 0.147 e. The van der Waals surface area contributed by atoms with Crippen LogP contribution in [0.2, 0.25) is 0 Å². The molecule has 0 radical (unpaired) electrons.